The van der Waals surface area contributed by atoms with E-state index in [-0.39, 0.29) is 11.6 Å². The molecular formula is C23H21N5O3S. The van der Waals surface area contributed by atoms with Crippen molar-refractivity contribution in [1.29, 1.82) is 0 Å². The highest BCUT2D eigenvalue weighted by Crippen LogP contribution is 2.31. The van der Waals surface area contributed by atoms with Gasteiger partial charge in [0, 0.05) is 5.56 Å². The first-order chi connectivity index (χ1) is 15.3. The second-order valence-corrected chi connectivity index (χ2v) is 7.67. The van der Waals surface area contributed by atoms with Crippen molar-refractivity contribution in [2.75, 3.05) is 16.7 Å². The highest BCUT2D eigenvalue weighted by atomic mass is 32.1. The molecule has 2 aromatic carbocycles. The molecule has 0 radical (unpaired) electrons. The third kappa shape index (κ3) is 4.42. The number of aryl methyl sites for hydroxylation is 2. The number of hydrogen-bond donors (Lipinski definition) is 3. The van der Waals surface area contributed by atoms with Crippen LogP contribution in [0.15, 0.2) is 54.7 Å². The van der Waals surface area contributed by atoms with Crippen molar-refractivity contribution in [2.24, 2.45) is 0 Å². The lowest BCUT2D eigenvalue weighted by Crippen LogP contribution is -2.27. The molecule has 0 aliphatic carbocycles. The van der Waals surface area contributed by atoms with Crippen LogP contribution in [0.1, 0.15) is 11.1 Å². The number of pyridine rings is 1. The standard InChI is InChI=1S/C23H21N5O3S/c1-13-8-14(2)10-16(9-13)28(32)23(30)27-21-12-24-18-6-5-17(25-22(18)26-21)15-4-7-19(29)20(11-15)31-3/h4-12,29,32H,1-3H3,(H,25,26,27,30). The van der Waals surface area contributed by atoms with Gasteiger partial charge in [0.1, 0.15) is 5.52 Å². The molecule has 0 aliphatic rings. The van der Waals surface area contributed by atoms with Crippen LogP contribution in [0.2, 0.25) is 0 Å². The number of nitrogens with zero attached hydrogens (tertiary/aromatic N) is 4. The van der Waals surface area contributed by atoms with Crippen molar-refractivity contribution in [3.05, 3.63) is 65.9 Å². The number of nitrogens with one attached hydrogen (secondary N) is 1. The van der Waals surface area contributed by atoms with Gasteiger partial charge in [-0.05, 0) is 67.4 Å². The zero-order valence-corrected chi connectivity index (χ0v) is 18.6. The van der Waals surface area contributed by atoms with Crippen molar-refractivity contribution in [3.63, 3.8) is 0 Å². The lowest BCUT2D eigenvalue weighted by atomic mass is 10.1. The van der Waals surface area contributed by atoms with Gasteiger partial charge in [-0.15, -0.1) is 0 Å². The van der Waals surface area contributed by atoms with E-state index in [1.54, 1.807) is 24.3 Å². The Morgan fingerprint density at radius 2 is 1.81 bits per heavy atom. The minimum atomic E-state index is -0.466. The van der Waals surface area contributed by atoms with Crippen LogP contribution in [0.5, 0.6) is 11.5 Å². The van der Waals surface area contributed by atoms with Crippen LogP contribution in [0.4, 0.5) is 16.3 Å². The van der Waals surface area contributed by atoms with Gasteiger partial charge < -0.3 is 9.84 Å². The van der Waals surface area contributed by atoms with Gasteiger partial charge in [-0.3, -0.25) is 5.32 Å². The molecule has 0 unspecified atom stereocenters. The first-order valence-electron chi connectivity index (χ1n) is 9.73. The van der Waals surface area contributed by atoms with E-state index in [0.717, 1.165) is 16.7 Å². The summed E-state index contributed by atoms with van der Waals surface area (Å²) in [6, 6.07) is 13.8. The molecule has 0 aliphatic heterocycles. The molecule has 4 aromatic rings. The Hall–Kier alpha value is -3.85. The molecule has 4 rings (SSSR count). The fourth-order valence-corrected chi connectivity index (χ4v) is 3.47. The first-order valence-corrected chi connectivity index (χ1v) is 10.1. The Kier molecular flexibility index (Phi) is 5.83. The van der Waals surface area contributed by atoms with Crippen LogP contribution in [0.25, 0.3) is 22.4 Å². The van der Waals surface area contributed by atoms with Gasteiger partial charge in [0.2, 0.25) is 0 Å². The van der Waals surface area contributed by atoms with Crippen molar-refractivity contribution in [3.8, 4) is 22.8 Å². The first kappa shape index (κ1) is 21.4. The summed E-state index contributed by atoms with van der Waals surface area (Å²) in [4.78, 5) is 26.0. The maximum atomic E-state index is 12.7. The quantitative estimate of drug-likeness (QED) is 0.385. The van der Waals surface area contributed by atoms with Crippen LogP contribution >= 0.6 is 12.8 Å². The topological polar surface area (TPSA) is 100 Å². The lowest BCUT2D eigenvalue weighted by molar-refractivity contribution is 0.260. The van der Waals surface area contributed by atoms with E-state index in [9.17, 15) is 9.90 Å². The number of thiol groups is 1. The summed E-state index contributed by atoms with van der Waals surface area (Å²) in [5.74, 6) is 0.637. The number of ether oxygens (including phenoxy) is 1. The van der Waals surface area contributed by atoms with Crippen LogP contribution in [0.3, 0.4) is 0 Å². The summed E-state index contributed by atoms with van der Waals surface area (Å²) in [5, 5.41) is 12.5. The maximum Gasteiger partial charge on any atom is 0.337 e. The highest BCUT2D eigenvalue weighted by Gasteiger charge is 2.15. The van der Waals surface area contributed by atoms with Crippen molar-refractivity contribution < 1.29 is 14.6 Å². The Morgan fingerprint density at radius 1 is 1.06 bits per heavy atom. The summed E-state index contributed by atoms with van der Waals surface area (Å²) in [6.45, 7) is 3.91. The summed E-state index contributed by atoms with van der Waals surface area (Å²) < 4.78 is 6.39. The van der Waals surface area contributed by atoms with E-state index in [2.05, 4.69) is 33.1 Å². The van der Waals surface area contributed by atoms with Gasteiger partial charge in [-0.1, -0.05) is 18.9 Å². The van der Waals surface area contributed by atoms with Crippen molar-refractivity contribution >= 4 is 41.5 Å². The van der Waals surface area contributed by atoms with Gasteiger partial charge in [-0.25, -0.2) is 24.1 Å². The minimum absolute atomic E-state index is 0.0435. The second kappa shape index (κ2) is 8.72. The summed E-state index contributed by atoms with van der Waals surface area (Å²) in [6.07, 6.45) is 1.47. The third-order valence-electron chi connectivity index (χ3n) is 4.76. The molecule has 32 heavy (non-hydrogen) atoms. The number of aromatic hydroxyl groups is 1. The van der Waals surface area contributed by atoms with Crippen LogP contribution in [-0.2, 0) is 0 Å². The maximum absolute atomic E-state index is 12.7. The average Bonchev–Trinajstić information content (AvgIpc) is 2.77. The lowest BCUT2D eigenvalue weighted by Gasteiger charge is -2.17. The number of benzene rings is 2. The number of phenolic OH excluding ortho intramolecular Hbond substituents is 1. The molecule has 2 amide bonds. The van der Waals surface area contributed by atoms with Gasteiger partial charge in [-0.2, -0.15) is 0 Å². The summed E-state index contributed by atoms with van der Waals surface area (Å²) in [7, 11) is 1.48. The zero-order valence-electron chi connectivity index (χ0n) is 17.7. The Bertz CT molecular complexity index is 1310. The predicted molar refractivity (Wildman–Crippen MR) is 127 cm³/mol. The van der Waals surface area contributed by atoms with Gasteiger partial charge in [0.05, 0.1) is 24.7 Å². The number of aromatic nitrogens is 3. The average molecular weight is 448 g/mol. The fraction of sp³-hybridized carbons (Fsp3) is 0.130. The van der Waals surface area contributed by atoms with E-state index in [1.807, 2.05) is 32.0 Å². The molecule has 0 atom stereocenters. The molecule has 0 fully saturated rings. The van der Waals surface area contributed by atoms with Crippen molar-refractivity contribution in [2.45, 2.75) is 13.8 Å². The molecule has 162 valence electrons. The summed E-state index contributed by atoms with van der Waals surface area (Å²) in [5.41, 5.74) is 5.02. The molecule has 9 heteroatoms. The Labute approximate surface area is 190 Å². The van der Waals surface area contributed by atoms with Crippen LogP contribution in [-0.4, -0.2) is 33.2 Å². The molecule has 8 nitrogen and oxygen atoms in total. The largest absolute Gasteiger partial charge is 0.504 e. The number of urea groups is 1. The predicted octanol–water partition coefficient (Wildman–Crippen LogP) is 4.91. The third-order valence-corrected chi connectivity index (χ3v) is 5.17. The monoisotopic (exact) mass is 447 g/mol. The zero-order chi connectivity index (χ0) is 22.8. The number of phenols is 1. The van der Waals surface area contributed by atoms with Crippen LogP contribution < -0.4 is 14.4 Å². The van der Waals surface area contributed by atoms with Crippen LogP contribution in [0, 0.1) is 13.8 Å². The molecule has 0 bridgehead atoms. The number of carbonyl (C=O) groups is 1. The van der Waals surface area contributed by atoms with Gasteiger partial charge in [0.15, 0.2) is 23.0 Å². The van der Waals surface area contributed by atoms with E-state index >= 15 is 0 Å². The van der Waals surface area contributed by atoms with Crippen molar-refractivity contribution in [1.82, 2.24) is 15.0 Å². The Balaban J connectivity index is 1.60. The van der Waals surface area contributed by atoms with Gasteiger partial charge in [0.25, 0.3) is 0 Å². The minimum Gasteiger partial charge on any atom is -0.504 e. The number of hydrogen-bond acceptors (Lipinski definition) is 7. The highest BCUT2D eigenvalue weighted by molar-refractivity contribution is 7.82. The molecule has 0 saturated heterocycles. The number of carbonyl (C=O) groups excluding carboxylic acids is 1. The smallest absolute Gasteiger partial charge is 0.337 e. The number of amides is 2. The fourth-order valence-electron chi connectivity index (χ4n) is 3.31. The number of anilines is 2. The molecule has 2 aromatic heterocycles. The number of fused-ring (bicyclic) bond motifs is 1. The number of methoxy groups -OCH3 is 1. The molecule has 2 heterocycles. The Morgan fingerprint density at radius 3 is 2.53 bits per heavy atom. The van der Waals surface area contributed by atoms with E-state index in [0.29, 0.717) is 28.3 Å². The molecule has 0 saturated carbocycles. The SMILES string of the molecule is COc1cc(-c2ccc3ncc(NC(=O)N(S)c4cc(C)cc(C)c4)nc3n2)ccc1O. The van der Waals surface area contributed by atoms with Gasteiger partial charge >= 0.3 is 6.03 Å². The van der Waals surface area contributed by atoms with E-state index in [1.165, 1.54) is 23.7 Å². The second-order valence-electron chi connectivity index (χ2n) is 7.27. The molecule has 2 N–H and O–H groups in total. The molecular weight excluding hydrogens is 426 g/mol. The molecule has 0 spiro atoms. The summed E-state index contributed by atoms with van der Waals surface area (Å²) >= 11 is 4.33. The van der Waals surface area contributed by atoms with E-state index < -0.39 is 6.03 Å². The van der Waals surface area contributed by atoms with E-state index in [4.69, 9.17) is 4.74 Å². The normalized spacial score (nSPS) is 10.8. The number of rotatable bonds is 4.